The van der Waals surface area contributed by atoms with Crippen LogP contribution < -0.4 is 5.32 Å². The molecule has 3 rings (SSSR count). The lowest BCUT2D eigenvalue weighted by molar-refractivity contribution is 0.282. The van der Waals surface area contributed by atoms with Crippen LogP contribution in [0.15, 0.2) is 59.1 Å². The molecule has 5 nitrogen and oxygen atoms in total. The molecular weight excluding hydrogens is 266 g/mol. The molecule has 3 aromatic rings. The zero-order valence-corrected chi connectivity index (χ0v) is 11.4. The van der Waals surface area contributed by atoms with E-state index in [-0.39, 0.29) is 6.61 Å². The first kappa shape index (κ1) is 13.3. The smallest absolute Gasteiger partial charge is 0.257 e. The van der Waals surface area contributed by atoms with Gasteiger partial charge in [0.1, 0.15) is 0 Å². The van der Waals surface area contributed by atoms with Gasteiger partial charge < -0.3 is 14.9 Å². The Bertz CT molecular complexity index is 710. The van der Waals surface area contributed by atoms with Crippen molar-refractivity contribution in [3.8, 4) is 11.5 Å². The van der Waals surface area contributed by atoms with Gasteiger partial charge in [0, 0.05) is 11.3 Å². The molecule has 21 heavy (non-hydrogen) atoms. The van der Waals surface area contributed by atoms with Crippen LogP contribution in [0.1, 0.15) is 11.4 Å². The maximum absolute atomic E-state index is 9.11. The molecule has 0 aliphatic rings. The highest BCUT2D eigenvalue weighted by Crippen LogP contribution is 2.17. The lowest BCUT2D eigenvalue weighted by Gasteiger charge is -2.04. The van der Waals surface area contributed by atoms with E-state index in [4.69, 9.17) is 9.63 Å². The van der Waals surface area contributed by atoms with Gasteiger partial charge in [-0.25, -0.2) is 0 Å². The zero-order valence-electron chi connectivity index (χ0n) is 11.4. The molecule has 0 bridgehead atoms. The van der Waals surface area contributed by atoms with Crippen LogP contribution in [0, 0.1) is 0 Å². The number of aromatic nitrogens is 2. The summed E-state index contributed by atoms with van der Waals surface area (Å²) in [7, 11) is 0. The third kappa shape index (κ3) is 3.27. The lowest BCUT2D eigenvalue weighted by atomic mass is 10.2. The number of nitrogens with one attached hydrogen (secondary N) is 1. The minimum absolute atomic E-state index is 0.0237. The summed E-state index contributed by atoms with van der Waals surface area (Å²) >= 11 is 0. The van der Waals surface area contributed by atoms with E-state index in [0.717, 1.165) is 16.8 Å². The highest BCUT2D eigenvalue weighted by Gasteiger charge is 2.07. The minimum atomic E-state index is 0.0237. The Kier molecular flexibility index (Phi) is 3.93. The molecule has 0 amide bonds. The summed E-state index contributed by atoms with van der Waals surface area (Å²) in [6.45, 7) is 0.487. The van der Waals surface area contributed by atoms with E-state index in [9.17, 15) is 0 Å². The molecule has 5 heteroatoms. The number of aliphatic hydroxyl groups excluding tert-OH is 1. The molecule has 1 heterocycles. The fourth-order valence-electron chi connectivity index (χ4n) is 1.98. The van der Waals surface area contributed by atoms with Crippen molar-refractivity contribution >= 4 is 5.69 Å². The molecule has 2 aromatic carbocycles. The molecule has 0 spiro atoms. The van der Waals surface area contributed by atoms with E-state index in [1.807, 2.05) is 54.6 Å². The first-order valence-corrected chi connectivity index (χ1v) is 6.67. The second-order valence-electron chi connectivity index (χ2n) is 4.59. The number of anilines is 1. The molecule has 0 atom stereocenters. The van der Waals surface area contributed by atoms with Crippen molar-refractivity contribution in [2.45, 2.75) is 13.2 Å². The number of rotatable bonds is 5. The maximum Gasteiger partial charge on any atom is 0.257 e. The second kappa shape index (κ2) is 6.19. The summed E-state index contributed by atoms with van der Waals surface area (Å²) in [5, 5.41) is 16.3. The number of nitrogens with zero attached hydrogens (tertiary/aromatic N) is 2. The van der Waals surface area contributed by atoms with Crippen molar-refractivity contribution in [1.29, 1.82) is 0 Å². The van der Waals surface area contributed by atoms with E-state index in [1.165, 1.54) is 0 Å². The van der Waals surface area contributed by atoms with Crippen molar-refractivity contribution in [1.82, 2.24) is 10.1 Å². The van der Waals surface area contributed by atoms with Gasteiger partial charge in [0.05, 0.1) is 13.2 Å². The van der Waals surface area contributed by atoms with Gasteiger partial charge in [-0.1, -0.05) is 35.5 Å². The van der Waals surface area contributed by atoms with Crippen LogP contribution in [0.4, 0.5) is 5.69 Å². The third-order valence-electron chi connectivity index (χ3n) is 3.05. The maximum atomic E-state index is 9.11. The molecule has 0 aliphatic heterocycles. The Morgan fingerprint density at radius 2 is 1.90 bits per heavy atom. The summed E-state index contributed by atoms with van der Waals surface area (Å²) in [6.07, 6.45) is 0. The van der Waals surface area contributed by atoms with Crippen LogP contribution >= 0.6 is 0 Å². The first-order valence-electron chi connectivity index (χ1n) is 6.67. The van der Waals surface area contributed by atoms with Crippen molar-refractivity contribution < 1.29 is 9.63 Å². The van der Waals surface area contributed by atoms with Gasteiger partial charge in [-0.05, 0) is 29.8 Å². The zero-order chi connectivity index (χ0) is 14.5. The summed E-state index contributed by atoms with van der Waals surface area (Å²) in [4.78, 5) is 4.35. The molecular formula is C16H15N3O2. The summed E-state index contributed by atoms with van der Waals surface area (Å²) in [6, 6.07) is 17.2. The van der Waals surface area contributed by atoms with Gasteiger partial charge >= 0.3 is 0 Å². The van der Waals surface area contributed by atoms with Gasteiger partial charge in [-0.3, -0.25) is 0 Å². The van der Waals surface area contributed by atoms with Crippen molar-refractivity contribution in [2.24, 2.45) is 0 Å². The molecule has 106 valence electrons. The number of hydrogen-bond donors (Lipinski definition) is 2. The number of benzene rings is 2. The van der Waals surface area contributed by atoms with E-state index in [2.05, 4.69) is 15.5 Å². The third-order valence-corrected chi connectivity index (χ3v) is 3.05. The van der Waals surface area contributed by atoms with E-state index in [1.54, 1.807) is 0 Å². The normalized spacial score (nSPS) is 10.5. The average molecular weight is 281 g/mol. The number of aliphatic hydroxyl groups is 1. The Morgan fingerprint density at radius 1 is 1.05 bits per heavy atom. The van der Waals surface area contributed by atoms with E-state index < -0.39 is 0 Å². The quantitative estimate of drug-likeness (QED) is 0.752. The predicted molar refractivity (Wildman–Crippen MR) is 79.4 cm³/mol. The molecule has 1 aromatic heterocycles. The standard InChI is InChI=1S/C16H15N3O2/c20-11-12-5-4-8-14(9-12)17-10-15-18-16(21-19-15)13-6-2-1-3-7-13/h1-9,17,20H,10-11H2. The Balaban J connectivity index is 1.67. The van der Waals surface area contributed by atoms with Gasteiger partial charge in [0.2, 0.25) is 0 Å². The molecule has 0 saturated heterocycles. The van der Waals surface area contributed by atoms with Crippen molar-refractivity contribution in [3.63, 3.8) is 0 Å². The molecule has 0 radical (unpaired) electrons. The summed E-state index contributed by atoms with van der Waals surface area (Å²) in [5.41, 5.74) is 2.67. The lowest BCUT2D eigenvalue weighted by Crippen LogP contribution is -2.01. The summed E-state index contributed by atoms with van der Waals surface area (Å²) in [5.74, 6) is 1.10. The Labute approximate surface area is 122 Å². The SMILES string of the molecule is OCc1cccc(NCc2noc(-c3ccccc3)n2)c1. The molecule has 0 saturated carbocycles. The highest BCUT2D eigenvalue weighted by atomic mass is 16.5. The van der Waals surface area contributed by atoms with Gasteiger partial charge in [0.15, 0.2) is 5.82 Å². The van der Waals surface area contributed by atoms with Crippen molar-refractivity contribution in [2.75, 3.05) is 5.32 Å². The van der Waals surface area contributed by atoms with Gasteiger partial charge in [-0.15, -0.1) is 0 Å². The fraction of sp³-hybridized carbons (Fsp3) is 0.125. The average Bonchev–Trinajstić information content (AvgIpc) is 3.03. The van der Waals surface area contributed by atoms with E-state index >= 15 is 0 Å². The van der Waals surface area contributed by atoms with Crippen LogP contribution in [0.25, 0.3) is 11.5 Å². The second-order valence-corrected chi connectivity index (χ2v) is 4.59. The summed E-state index contributed by atoms with van der Waals surface area (Å²) < 4.78 is 5.24. The first-order chi connectivity index (χ1) is 10.3. The number of hydrogen-bond acceptors (Lipinski definition) is 5. The van der Waals surface area contributed by atoms with Crippen LogP contribution in [-0.2, 0) is 13.2 Å². The molecule has 0 aliphatic carbocycles. The monoisotopic (exact) mass is 281 g/mol. The molecule has 2 N–H and O–H groups in total. The van der Waals surface area contributed by atoms with Crippen LogP contribution in [0.2, 0.25) is 0 Å². The Hall–Kier alpha value is -2.66. The fourth-order valence-corrected chi connectivity index (χ4v) is 1.98. The topological polar surface area (TPSA) is 71.2 Å². The van der Waals surface area contributed by atoms with Crippen LogP contribution in [-0.4, -0.2) is 15.2 Å². The van der Waals surface area contributed by atoms with Crippen LogP contribution in [0.3, 0.4) is 0 Å². The van der Waals surface area contributed by atoms with Gasteiger partial charge in [-0.2, -0.15) is 4.98 Å². The molecule has 0 fully saturated rings. The minimum Gasteiger partial charge on any atom is -0.392 e. The van der Waals surface area contributed by atoms with E-state index in [0.29, 0.717) is 18.3 Å². The highest BCUT2D eigenvalue weighted by molar-refractivity contribution is 5.52. The van der Waals surface area contributed by atoms with Crippen LogP contribution in [0.5, 0.6) is 0 Å². The Morgan fingerprint density at radius 3 is 2.71 bits per heavy atom. The van der Waals surface area contributed by atoms with Crippen molar-refractivity contribution in [3.05, 3.63) is 66.0 Å². The molecule has 0 unspecified atom stereocenters. The predicted octanol–water partition coefficient (Wildman–Crippen LogP) is 2.84. The van der Waals surface area contributed by atoms with Gasteiger partial charge in [0.25, 0.3) is 5.89 Å². The largest absolute Gasteiger partial charge is 0.392 e.